The van der Waals surface area contributed by atoms with Crippen LogP contribution < -0.4 is 0 Å². The summed E-state index contributed by atoms with van der Waals surface area (Å²) >= 11 is 1.93. The van der Waals surface area contributed by atoms with E-state index in [1.165, 1.54) is 24.6 Å². The minimum Gasteiger partial charge on any atom is -0.398 e. The van der Waals surface area contributed by atoms with Crippen molar-refractivity contribution in [2.24, 2.45) is 0 Å². The third-order valence-corrected chi connectivity index (χ3v) is 8.96. The number of rotatable bonds is 13. The van der Waals surface area contributed by atoms with Crippen molar-refractivity contribution in [3.8, 4) is 0 Å². The van der Waals surface area contributed by atoms with E-state index in [1.807, 2.05) is 11.8 Å². The summed E-state index contributed by atoms with van der Waals surface area (Å²) in [5.41, 5.74) is 0.416. The Balaban J connectivity index is 2.06. The molecule has 0 saturated carbocycles. The molecule has 0 radical (unpaired) electrons. The van der Waals surface area contributed by atoms with Gasteiger partial charge in [-0.1, -0.05) is 6.04 Å². The van der Waals surface area contributed by atoms with Gasteiger partial charge in [-0.2, -0.15) is 0 Å². The standard InChI is InChI=1S/C16H38O4SSi3/c1-23(2,3)19-16(20-24(4,5)6)22-14-8-10-17-11-12-18-15-9-7-13-21-15/h15-16H,7-14,22H2,1-6H3. The van der Waals surface area contributed by atoms with Crippen LogP contribution in [0, 0.1) is 0 Å². The highest BCUT2D eigenvalue weighted by Gasteiger charge is 2.26. The second kappa shape index (κ2) is 11.5. The monoisotopic (exact) mass is 410 g/mol. The molecule has 0 aliphatic carbocycles. The zero-order valence-electron chi connectivity index (χ0n) is 16.6. The summed E-state index contributed by atoms with van der Waals surface area (Å²) in [6, 6.07) is 1.22. The van der Waals surface area contributed by atoms with Gasteiger partial charge in [0.15, 0.2) is 16.6 Å². The summed E-state index contributed by atoms with van der Waals surface area (Å²) in [4.78, 5) is 0. The predicted octanol–water partition coefficient (Wildman–Crippen LogP) is 3.84. The Labute approximate surface area is 157 Å². The van der Waals surface area contributed by atoms with Crippen LogP contribution in [0.15, 0.2) is 0 Å². The molecule has 1 aliphatic heterocycles. The van der Waals surface area contributed by atoms with Crippen molar-refractivity contribution in [3.63, 3.8) is 0 Å². The first kappa shape index (κ1) is 22.9. The largest absolute Gasteiger partial charge is 0.398 e. The first-order chi connectivity index (χ1) is 11.2. The number of hydrogen-bond acceptors (Lipinski definition) is 5. The number of thioether (sulfide) groups is 1. The maximum absolute atomic E-state index is 6.27. The molecule has 0 aromatic carbocycles. The summed E-state index contributed by atoms with van der Waals surface area (Å²) in [7, 11) is -3.45. The molecule has 1 aliphatic rings. The highest BCUT2D eigenvalue weighted by molar-refractivity contribution is 8.00. The van der Waals surface area contributed by atoms with Gasteiger partial charge in [0, 0.05) is 6.61 Å². The molecule has 0 amide bonds. The minimum absolute atomic E-state index is 0.103. The first-order valence-electron chi connectivity index (χ1n) is 9.32. The van der Waals surface area contributed by atoms with Gasteiger partial charge in [-0.05, 0) is 64.3 Å². The third kappa shape index (κ3) is 13.1. The smallest absolute Gasteiger partial charge is 0.186 e. The molecule has 1 rings (SSSR count). The fourth-order valence-electron chi connectivity index (χ4n) is 2.47. The van der Waals surface area contributed by atoms with Gasteiger partial charge in [-0.25, -0.2) is 0 Å². The Morgan fingerprint density at radius 2 is 1.67 bits per heavy atom. The van der Waals surface area contributed by atoms with E-state index in [4.69, 9.17) is 18.3 Å². The zero-order valence-corrected chi connectivity index (χ0v) is 20.8. The number of ether oxygens (including phenoxy) is 2. The van der Waals surface area contributed by atoms with Crippen LogP contribution in [0.1, 0.15) is 19.3 Å². The van der Waals surface area contributed by atoms with Gasteiger partial charge in [0.2, 0.25) is 0 Å². The molecule has 1 atom stereocenters. The molecule has 0 bridgehead atoms. The topological polar surface area (TPSA) is 36.9 Å². The van der Waals surface area contributed by atoms with Gasteiger partial charge in [-0.3, -0.25) is 0 Å². The van der Waals surface area contributed by atoms with Crippen molar-refractivity contribution in [3.05, 3.63) is 0 Å². The Morgan fingerprint density at radius 1 is 1.00 bits per heavy atom. The average molecular weight is 411 g/mol. The van der Waals surface area contributed by atoms with Crippen molar-refractivity contribution in [2.45, 2.75) is 75.9 Å². The van der Waals surface area contributed by atoms with Crippen LogP contribution in [0.4, 0.5) is 0 Å². The second-order valence-electron chi connectivity index (χ2n) is 8.31. The maximum Gasteiger partial charge on any atom is 0.186 e. The lowest BCUT2D eigenvalue weighted by molar-refractivity contribution is 0.0365. The first-order valence-corrected chi connectivity index (χ1v) is 19.0. The summed E-state index contributed by atoms with van der Waals surface area (Å²) in [6.07, 6.45) is 3.61. The molecule has 8 heteroatoms. The molecular weight excluding hydrogens is 372 g/mol. The van der Waals surface area contributed by atoms with Gasteiger partial charge in [0.25, 0.3) is 0 Å². The van der Waals surface area contributed by atoms with E-state index in [0.29, 0.717) is 5.44 Å². The van der Waals surface area contributed by atoms with E-state index < -0.39 is 16.6 Å². The molecule has 144 valence electrons. The van der Waals surface area contributed by atoms with Crippen molar-refractivity contribution in [1.82, 2.24) is 0 Å². The van der Waals surface area contributed by atoms with Gasteiger partial charge in [0.05, 0.1) is 22.7 Å². The van der Waals surface area contributed by atoms with Crippen LogP contribution >= 0.6 is 11.8 Å². The minimum atomic E-state index is -1.54. The molecule has 0 aromatic rings. The highest BCUT2D eigenvalue weighted by atomic mass is 32.2. The molecular formula is C16H38O4SSi3. The lowest BCUT2D eigenvalue weighted by atomic mass is 10.4. The van der Waals surface area contributed by atoms with Crippen LogP contribution in [-0.2, 0) is 18.3 Å². The lowest BCUT2D eigenvalue weighted by Crippen LogP contribution is -2.43. The Hall–Kier alpha value is 0.841. The Bertz CT molecular complexity index is 312. The summed E-state index contributed by atoms with van der Waals surface area (Å²) < 4.78 is 24.0. The fraction of sp³-hybridized carbons (Fsp3) is 1.00. The van der Waals surface area contributed by atoms with E-state index in [2.05, 4.69) is 39.3 Å². The molecule has 0 spiro atoms. The number of hydrogen-bond donors (Lipinski definition) is 0. The molecule has 1 unspecified atom stereocenters. The van der Waals surface area contributed by atoms with Crippen molar-refractivity contribution in [2.75, 3.05) is 25.6 Å². The summed E-state index contributed by atoms with van der Waals surface area (Å²) in [5, 5.41) is 0. The Kier molecular flexibility index (Phi) is 11.0. The van der Waals surface area contributed by atoms with E-state index in [-0.39, 0.29) is 15.4 Å². The zero-order chi connectivity index (χ0) is 18.1. The predicted molar refractivity (Wildman–Crippen MR) is 113 cm³/mol. The molecule has 1 heterocycles. The van der Waals surface area contributed by atoms with E-state index in [1.54, 1.807) is 0 Å². The molecule has 0 N–H and O–H groups in total. The van der Waals surface area contributed by atoms with Crippen LogP contribution in [0.5, 0.6) is 0 Å². The van der Waals surface area contributed by atoms with Crippen LogP contribution in [0.25, 0.3) is 0 Å². The van der Waals surface area contributed by atoms with E-state index >= 15 is 0 Å². The van der Waals surface area contributed by atoms with E-state index in [9.17, 15) is 0 Å². The van der Waals surface area contributed by atoms with Crippen molar-refractivity contribution >= 4 is 37.9 Å². The van der Waals surface area contributed by atoms with Crippen LogP contribution in [0.3, 0.4) is 0 Å². The van der Waals surface area contributed by atoms with Crippen LogP contribution in [-0.4, -0.2) is 63.1 Å². The molecule has 1 fully saturated rings. The molecule has 0 aromatic heterocycles. The van der Waals surface area contributed by atoms with Crippen molar-refractivity contribution in [1.29, 1.82) is 0 Å². The van der Waals surface area contributed by atoms with Gasteiger partial charge < -0.3 is 18.3 Å². The van der Waals surface area contributed by atoms with Gasteiger partial charge in [-0.15, -0.1) is 11.8 Å². The lowest BCUT2D eigenvalue weighted by Gasteiger charge is -2.31. The summed E-state index contributed by atoms with van der Waals surface area (Å²) in [5.74, 6) is 1.35. The molecule has 24 heavy (non-hydrogen) atoms. The SMILES string of the molecule is C[Si](C)(C)OC(O[Si](C)(C)C)[SiH2]CCCOCCOC1CCCS1. The highest BCUT2D eigenvalue weighted by Crippen LogP contribution is 2.26. The molecule has 1 saturated heterocycles. The molecule has 4 nitrogen and oxygen atoms in total. The maximum atomic E-state index is 6.27. The van der Waals surface area contributed by atoms with Gasteiger partial charge in [0.1, 0.15) is 11.3 Å². The average Bonchev–Trinajstić information content (AvgIpc) is 2.91. The quantitative estimate of drug-likeness (QED) is 0.262. The third-order valence-electron chi connectivity index (χ3n) is 3.37. The van der Waals surface area contributed by atoms with Crippen LogP contribution in [0.2, 0.25) is 45.3 Å². The second-order valence-corrected chi connectivity index (χ2v) is 20.5. The van der Waals surface area contributed by atoms with Gasteiger partial charge >= 0.3 is 0 Å². The summed E-state index contributed by atoms with van der Waals surface area (Å²) in [6.45, 7) is 15.7. The normalized spacial score (nSPS) is 19.9. The van der Waals surface area contributed by atoms with E-state index in [0.717, 1.165) is 26.2 Å². The van der Waals surface area contributed by atoms with Crippen molar-refractivity contribution < 1.29 is 18.3 Å². The fourth-order valence-corrected chi connectivity index (χ4v) is 10.1. The Morgan fingerprint density at radius 3 is 2.21 bits per heavy atom.